The molecule has 1 aliphatic rings. The van der Waals surface area contributed by atoms with Crippen LogP contribution in [0.2, 0.25) is 5.28 Å². The third-order valence-corrected chi connectivity index (χ3v) is 3.89. The molecule has 0 atom stereocenters. The molecular weight excluding hydrogens is 288 g/mol. The van der Waals surface area contributed by atoms with Gasteiger partial charge in [-0.3, -0.25) is 0 Å². The zero-order chi connectivity index (χ0) is 14.8. The minimum Gasteiger partial charge on any atom is -0.341 e. The Morgan fingerprint density at radius 1 is 1.05 bits per heavy atom. The molecule has 0 aromatic carbocycles. The van der Waals surface area contributed by atoms with E-state index in [1.807, 2.05) is 0 Å². The van der Waals surface area contributed by atoms with E-state index in [9.17, 15) is 0 Å². The largest absolute Gasteiger partial charge is 0.341 e. The van der Waals surface area contributed by atoms with Gasteiger partial charge in [-0.25, -0.2) is 4.68 Å². The first-order valence-corrected chi connectivity index (χ1v) is 7.83. The fourth-order valence-electron chi connectivity index (χ4n) is 2.56. The number of aryl methyl sites for hydroxylation is 2. The Morgan fingerprint density at radius 3 is 2.43 bits per heavy atom. The van der Waals surface area contributed by atoms with E-state index in [1.165, 1.54) is 12.8 Å². The molecule has 7 heteroatoms. The number of aromatic nitrogens is 5. The van der Waals surface area contributed by atoms with Crippen molar-refractivity contribution >= 4 is 17.5 Å². The van der Waals surface area contributed by atoms with Gasteiger partial charge in [0.05, 0.1) is 5.69 Å². The maximum Gasteiger partial charge on any atom is 0.256 e. The van der Waals surface area contributed by atoms with E-state index in [2.05, 4.69) is 44.9 Å². The summed E-state index contributed by atoms with van der Waals surface area (Å²) in [7, 11) is 0. The van der Waals surface area contributed by atoms with E-state index >= 15 is 0 Å². The lowest BCUT2D eigenvalue weighted by molar-refractivity contribution is 0.731. The van der Waals surface area contributed by atoms with Crippen LogP contribution in [0.4, 0.5) is 5.95 Å². The van der Waals surface area contributed by atoms with Crippen LogP contribution in [0.25, 0.3) is 5.95 Å². The molecule has 1 saturated heterocycles. The minimum absolute atomic E-state index is 0.220. The second kappa shape index (κ2) is 5.97. The molecule has 0 bridgehead atoms. The standard InChI is InChI=1S/C14H19ClN6/c1-3-10-9-11(4-2)21(19-10)14-17-12(15)16-13(18-14)20-7-5-6-8-20/h9H,3-8H2,1-2H3. The van der Waals surface area contributed by atoms with Crippen LogP contribution in [0.1, 0.15) is 38.1 Å². The van der Waals surface area contributed by atoms with Gasteiger partial charge >= 0.3 is 0 Å². The van der Waals surface area contributed by atoms with Gasteiger partial charge in [0.1, 0.15) is 0 Å². The Kier molecular flexibility index (Phi) is 4.05. The maximum absolute atomic E-state index is 6.08. The number of halogens is 1. The van der Waals surface area contributed by atoms with Gasteiger partial charge < -0.3 is 4.90 Å². The van der Waals surface area contributed by atoms with Crippen molar-refractivity contribution in [2.45, 2.75) is 39.5 Å². The van der Waals surface area contributed by atoms with E-state index in [4.69, 9.17) is 11.6 Å². The maximum atomic E-state index is 6.08. The number of nitrogens with zero attached hydrogens (tertiary/aromatic N) is 6. The van der Waals surface area contributed by atoms with Crippen molar-refractivity contribution in [2.24, 2.45) is 0 Å². The SMILES string of the molecule is CCc1cc(CC)n(-c2nc(Cl)nc(N3CCCC3)n2)n1. The van der Waals surface area contributed by atoms with Gasteiger partial charge in [-0.15, -0.1) is 0 Å². The Morgan fingerprint density at radius 2 is 1.76 bits per heavy atom. The summed E-state index contributed by atoms with van der Waals surface area (Å²) in [5, 5.41) is 4.79. The van der Waals surface area contributed by atoms with E-state index in [1.54, 1.807) is 4.68 Å². The van der Waals surface area contributed by atoms with Crippen LogP contribution in [0.5, 0.6) is 0 Å². The average molecular weight is 307 g/mol. The summed E-state index contributed by atoms with van der Waals surface area (Å²) in [4.78, 5) is 15.2. The molecule has 0 aliphatic carbocycles. The van der Waals surface area contributed by atoms with Gasteiger partial charge in [-0.1, -0.05) is 13.8 Å². The summed E-state index contributed by atoms with van der Waals surface area (Å²) in [5.74, 6) is 1.16. The van der Waals surface area contributed by atoms with Crippen molar-refractivity contribution in [3.05, 3.63) is 22.7 Å². The molecule has 2 aromatic heterocycles. The lowest BCUT2D eigenvalue weighted by atomic mass is 10.3. The molecule has 21 heavy (non-hydrogen) atoms. The summed E-state index contributed by atoms with van der Waals surface area (Å²) >= 11 is 6.08. The molecule has 112 valence electrons. The van der Waals surface area contributed by atoms with E-state index in [0.29, 0.717) is 11.9 Å². The highest BCUT2D eigenvalue weighted by Crippen LogP contribution is 2.19. The third kappa shape index (κ3) is 2.85. The monoisotopic (exact) mass is 306 g/mol. The fraction of sp³-hybridized carbons (Fsp3) is 0.571. The Labute approximate surface area is 129 Å². The number of hydrogen-bond acceptors (Lipinski definition) is 5. The lowest BCUT2D eigenvalue weighted by Crippen LogP contribution is -2.22. The second-order valence-electron chi connectivity index (χ2n) is 5.14. The van der Waals surface area contributed by atoms with Gasteiger partial charge in [0.25, 0.3) is 5.95 Å². The normalized spacial score (nSPS) is 14.9. The topological polar surface area (TPSA) is 59.7 Å². The molecule has 1 aliphatic heterocycles. The molecule has 0 saturated carbocycles. The molecule has 1 fully saturated rings. The predicted molar refractivity (Wildman–Crippen MR) is 82.2 cm³/mol. The molecule has 0 N–H and O–H groups in total. The molecule has 0 spiro atoms. The second-order valence-corrected chi connectivity index (χ2v) is 5.48. The summed E-state index contributed by atoms with van der Waals surface area (Å²) < 4.78 is 1.78. The van der Waals surface area contributed by atoms with Crippen molar-refractivity contribution in [3.8, 4) is 5.95 Å². The van der Waals surface area contributed by atoms with E-state index in [0.717, 1.165) is 37.3 Å². The Bertz CT molecular complexity index is 632. The van der Waals surface area contributed by atoms with Gasteiger partial charge in [0, 0.05) is 18.8 Å². The molecule has 2 aromatic rings. The first-order chi connectivity index (χ1) is 10.2. The van der Waals surface area contributed by atoms with Crippen molar-refractivity contribution in [2.75, 3.05) is 18.0 Å². The molecule has 0 amide bonds. The zero-order valence-corrected chi connectivity index (χ0v) is 13.1. The molecular formula is C14H19ClN6. The van der Waals surface area contributed by atoms with Crippen molar-refractivity contribution < 1.29 is 0 Å². The van der Waals surface area contributed by atoms with E-state index < -0.39 is 0 Å². The average Bonchev–Trinajstić information content (AvgIpc) is 3.15. The number of hydrogen-bond donors (Lipinski definition) is 0. The summed E-state index contributed by atoms with van der Waals surface area (Å²) in [6.45, 7) is 6.12. The van der Waals surface area contributed by atoms with Crippen molar-refractivity contribution in [3.63, 3.8) is 0 Å². The number of anilines is 1. The van der Waals surface area contributed by atoms with Crippen LogP contribution in [0.3, 0.4) is 0 Å². The smallest absolute Gasteiger partial charge is 0.256 e. The van der Waals surface area contributed by atoms with Gasteiger partial charge in [0.2, 0.25) is 11.2 Å². The fourth-order valence-corrected chi connectivity index (χ4v) is 2.71. The van der Waals surface area contributed by atoms with Crippen LogP contribution in [-0.4, -0.2) is 37.8 Å². The molecule has 3 rings (SSSR count). The van der Waals surface area contributed by atoms with Crippen LogP contribution < -0.4 is 4.90 Å². The first-order valence-electron chi connectivity index (χ1n) is 7.46. The van der Waals surface area contributed by atoms with Gasteiger partial charge in [-0.2, -0.15) is 20.1 Å². The summed E-state index contributed by atoms with van der Waals surface area (Å²) in [5.41, 5.74) is 2.12. The highest BCUT2D eigenvalue weighted by atomic mass is 35.5. The number of rotatable bonds is 4. The Hall–Kier alpha value is -1.69. The zero-order valence-electron chi connectivity index (χ0n) is 12.4. The third-order valence-electron chi connectivity index (χ3n) is 3.72. The first kappa shape index (κ1) is 14.3. The Balaban J connectivity index is 2.03. The summed E-state index contributed by atoms with van der Waals surface area (Å²) in [6.07, 6.45) is 4.09. The molecule has 6 nitrogen and oxygen atoms in total. The lowest BCUT2D eigenvalue weighted by Gasteiger charge is -2.15. The summed E-state index contributed by atoms with van der Waals surface area (Å²) in [6, 6.07) is 2.09. The predicted octanol–water partition coefficient (Wildman–Crippen LogP) is 2.44. The van der Waals surface area contributed by atoms with Crippen LogP contribution in [0, 0.1) is 0 Å². The van der Waals surface area contributed by atoms with Crippen LogP contribution in [-0.2, 0) is 12.8 Å². The highest BCUT2D eigenvalue weighted by Gasteiger charge is 2.19. The molecule has 3 heterocycles. The van der Waals surface area contributed by atoms with E-state index in [-0.39, 0.29) is 5.28 Å². The molecule has 0 unspecified atom stereocenters. The highest BCUT2D eigenvalue weighted by molar-refractivity contribution is 6.28. The quantitative estimate of drug-likeness (QED) is 0.868. The molecule has 0 radical (unpaired) electrons. The van der Waals surface area contributed by atoms with Crippen LogP contribution >= 0.6 is 11.6 Å². The van der Waals surface area contributed by atoms with Crippen molar-refractivity contribution in [1.82, 2.24) is 24.7 Å². The van der Waals surface area contributed by atoms with Gasteiger partial charge in [-0.05, 0) is 43.4 Å². The van der Waals surface area contributed by atoms with Crippen molar-refractivity contribution in [1.29, 1.82) is 0 Å². The van der Waals surface area contributed by atoms with Gasteiger partial charge in [0.15, 0.2) is 0 Å². The van der Waals surface area contributed by atoms with Crippen LogP contribution in [0.15, 0.2) is 6.07 Å². The minimum atomic E-state index is 0.220.